The summed E-state index contributed by atoms with van der Waals surface area (Å²) in [6.45, 7) is 4.17. The van der Waals surface area contributed by atoms with E-state index < -0.39 is 0 Å². The van der Waals surface area contributed by atoms with Crippen molar-refractivity contribution >= 4 is 22.6 Å². The van der Waals surface area contributed by atoms with Crippen LogP contribution in [0.25, 0.3) is 11.0 Å². The topological polar surface area (TPSA) is 36.3 Å². The molecule has 1 heterocycles. The zero-order valence-corrected chi connectivity index (χ0v) is 12.1. The molecule has 4 nitrogen and oxygen atoms in total. The molecule has 2 aromatic rings. The maximum Gasteiger partial charge on any atom is 0.146 e. The number of nitrogens with zero attached hydrogens (tertiary/aromatic N) is 2. The summed E-state index contributed by atoms with van der Waals surface area (Å²) in [6.07, 6.45) is 0.742. The van der Waals surface area contributed by atoms with Gasteiger partial charge in [-0.2, -0.15) is 0 Å². The fraction of sp³-hybridized carbons (Fsp3) is 0.500. The monoisotopic (exact) mass is 282 g/mol. The first-order valence-electron chi connectivity index (χ1n) is 6.47. The average molecular weight is 283 g/mol. The summed E-state index contributed by atoms with van der Waals surface area (Å²) >= 11 is 5.85. The van der Waals surface area contributed by atoms with Crippen LogP contribution in [0.5, 0.6) is 5.75 Å². The highest BCUT2D eigenvalue weighted by molar-refractivity contribution is 6.17. The van der Waals surface area contributed by atoms with Crippen LogP contribution in [0.1, 0.15) is 12.7 Å². The second-order valence-electron chi connectivity index (χ2n) is 4.14. The van der Waals surface area contributed by atoms with E-state index in [1.54, 1.807) is 7.11 Å². The van der Waals surface area contributed by atoms with E-state index in [4.69, 9.17) is 21.1 Å². The number of benzene rings is 1. The molecule has 0 atom stereocenters. The number of alkyl halides is 1. The van der Waals surface area contributed by atoms with Gasteiger partial charge in [0.1, 0.15) is 17.1 Å². The van der Waals surface area contributed by atoms with Gasteiger partial charge in [-0.25, -0.2) is 4.98 Å². The van der Waals surface area contributed by atoms with Crippen molar-refractivity contribution in [3.05, 3.63) is 24.0 Å². The Morgan fingerprint density at radius 1 is 1.37 bits per heavy atom. The van der Waals surface area contributed by atoms with E-state index in [2.05, 4.69) is 15.6 Å². The Hall–Kier alpha value is -1.26. The molecule has 104 valence electrons. The summed E-state index contributed by atoms with van der Waals surface area (Å²) in [7, 11) is 1.66. The van der Waals surface area contributed by atoms with Gasteiger partial charge in [-0.1, -0.05) is 6.07 Å². The van der Waals surface area contributed by atoms with E-state index in [0.29, 0.717) is 12.5 Å². The van der Waals surface area contributed by atoms with Gasteiger partial charge in [0.05, 0.1) is 19.2 Å². The Kier molecular flexibility index (Phi) is 5.05. The average Bonchev–Trinajstić information content (AvgIpc) is 2.77. The number of aromatic nitrogens is 2. The molecule has 0 fully saturated rings. The number of para-hydroxylation sites is 1. The standard InChI is InChI=1S/C14H19ClN2O2/c1-3-19-10-9-17-11-5-4-6-12(18-2)14(11)16-13(17)7-8-15/h4-6H,3,7-10H2,1-2H3. The number of aryl methyl sites for hydroxylation is 1. The largest absolute Gasteiger partial charge is 0.494 e. The van der Waals surface area contributed by atoms with Crippen molar-refractivity contribution < 1.29 is 9.47 Å². The van der Waals surface area contributed by atoms with Crippen LogP contribution in [0.15, 0.2) is 18.2 Å². The molecular weight excluding hydrogens is 264 g/mol. The van der Waals surface area contributed by atoms with E-state index in [1.165, 1.54) is 0 Å². The van der Waals surface area contributed by atoms with E-state index in [9.17, 15) is 0 Å². The van der Waals surface area contributed by atoms with Gasteiger partial charge >= 0.3 is 0 Å². The number of imidazole rings is 1. The van der Waals surface area contributed by atoms with E-state index in [-0.39, 0.29) is 0 Å². The molecule has 0 aliphatic rings. The molecule has 0 saturated carbocycles. The Labute approximate surface area is 118 Å². The molecule has 0 radical (unpaired) electrons. The number of rotatable bonds is 7. The SMILES string of the molecule is CCOCCn1c(CCCl)nc2c(OC)cccc21. The van der Waals surface area contributed by atoms with Crippen LogP contribution in [0.4, 0.5) is 0 Å². The zero-order valence-electron chi connectivity index (χ0n) is 11.4. The molecule has 5 heteroatoms. The quantitative estimate of drug-likeness (QED) is 0.579. The Bertz CT molecular complexity index is 539. The number of methoxy groups -OCH3 is 1. The highest BCUT2D eigenvalue weighted by Gasteiger charge is 2.13. The van der Waals surface area contributed by atoms with Gasteiger partial charge in [0.25, 0.3) is 0 Å². The predicted octanol–water partition coefficient (Wildman–Crippen LogP) is 2.86. The van der Waals surface area contributed by atoms with E-state index in [1.807, 2.05) is 19.1 Å². The maximum absolute atomic E-state index is 5.85. The molecule has 0 aliphatic heterocycles. The minimum absolute atomic E-state index is 0.556. The Balaban J connectivity index is 2.41. The van der Waals surface area contributed by atoms with Crippen molar-refractivity contribution in [1.82, 2.24) is 9.55 Å². The summed E-state index contributed by atoms with van der Waals surface area (Å²) in [5, 5.41) is 0. The maximum atomic E-state index is 5.85. The van der Waals surface area contributed by atoms with Crippen LogP contribution in [0, 0.1) is 0 Å². The van der Waals surface area contributed by atoms with Crippen molar-refractivity contribution in [3.8, 4) is 5.75 Å². The van der Waals surface area contributed by atoms with Crippen molar-refractivity contribution in [2.24, 2.45) is 0 Å². The van der Waals surface area contributed by atoms with Crippen molar-refractivity contribution in [1.29, 1.82) is 0 Å². The molecule has 0 aliphatic carbocycles. The third-order valence-corrected chi connectivity index (χ3v) is 3.21. The lowest BCUT2D eigenvalue weighted by Gasteiger charge is -2.08. The van der Waals surface area contributed by atoms with Gasteiger partial charge < -0.3 is 14.0 Å². The normalized spacial score (nSPS) is 11.1. The molecule has 2 rings (SSSR count). The van der Waals surface area contributed by atoms with Gasteiger partial charge in [-0.3, -0.25) is 0 Å². The molecule has 0 spiro atoms. The third kappa shape index (κ3) is 3.01. The smallest absolute Gasteiger partial charge is 0.146 e. The van der Waals surface area contributed by atoms with Crippen LogP contribution in [0.3, 0.4) is 0 Å². The van der Waals surface area contributed by atoms with Crippen LogP contribution >= 0.6 is 11.6 Å². The predicted molar refractivity (Wildman–Crippen MR) is 77.2 cm³/mol. The minimum Gasteiger partial charge on any atom is -0.494 e. The molecule has 0 saturated heterocycles. The van der Waals surface area contributed by atoms with E-state index >= 15 is 0 Å². The fourth-order valence-electron chi connectivity index (χ4n) is 2.16. The number of hydrogen-bond donors (Lipinski definition) is 0. The van der Waals surface area contributed by atoms with Crippen molar-refractivity contribution in [2.75, 3.05) is 26.2 Å². The van der Waals surface area contributed by atoms with Crippen molar-refractivity contribution in [3.63, 3.8) is 0 Å². The first kappa shape index (κ1) is 14.2. The molecule has 0 N–H and O–H groups in total. The second-order valence-corrected chi connectivity index (χ2v) is 4.52. The molecule has 0 bridgehead atoms. The minimum atomic E-state index is 0.556. The molecular formula is C14H19ClN2O2. The first-order valence-corrected chi connectivity index (χ1v) is 7.01. The molecule has 1 aromatic carbocycles. The number of fused-ring (bicyclic) bond motifs is 1. The highest BCUT2D eigenvalue weighted by Crippen LogP contribution is 2.26. The van der Waals surface area contributed by atoms with Gasteiger partial charge in [-0.15, -0.1) is 11.6 Å². The second kappa shape index (κ2) is 6.78. The lowest BCUT2D eigenvalue weighted by atomic mass is 10.3. The van der Waals surface area contributed by atoms with Crippen molar-refractivity contribution in [2.45, 2.75) is 19.9 Å². The van der Waals surface area contributed by atoms with Crippen LogP contribution in [-0.2, 0) is 17.7 Å². The molecule has 0 unspecified atom stereocenters. The van der Waals surface area contributed by atoms with Gasteiger partial charge in [0.2, 0.25) is 0 Å². The number of ether oxygens (including phenoxy) is 2. The molecule has 1 aromatic heterocycles. The Morgan fingerprint density at radius 3 is 2.89 bits per heavy atom. The number of halogens is 1. The lowest BCUT2D eigenvalue weighted by molar-refractivity contribution is 0.139. The zero-order chi connectivity index (χ0) is 13.7. The van der Waals surface area contributed by atoms with Crippen LogP contribution in [-0.4, -0.2) is 35.8 Å². The summed E-state index contributed by atoms with van der Waals surface area (Å²) < 4.78 is 13.0. The lowest BCUT2D eigenvalue weighted by Crippen LogP contribution is -2.09. The van der Waals surface area contributed by atoms with Crippen LogP contribution in [0.2, 0.25) is 0 Å². The summed E-state index contributed by atoms with van der Waals surface area (Å²) in [5.41, 5.74) is 1.96. The van der Waals surface area contributed by atoms with Gasteiger partial charge in [-0.05, 0) is 19.1 Å². The van der Waals surface area contributed by atoms with E-state index in [0.717, 1.165) is 42.2 Å². The molecule has 0 amide bonds. The summed E-state index contributed by atoms with van der Waals surface area (Å²) in [4.78, 5) is 4.65. The highest BCUT2D eigenvalue weighted by atomic mass is 35.5. The number of hydrogen-bond acceptors (Lipinski definition) is 3. The third-order valence-electron chi connectivity index (χ3n) is 3.02. The fourth-order valence-corrected chi connectivity index (χ4v) is 2.33. The first-order chi connectivity index (χ1) is 9.31. The Morgan fingerprint density at radius 2 is 2.21 bits per heavy atom. The summed E-state index contributed by atoms with van der Waals surface area (Å²) in [6, 6.07) is 5.95. The summed E-state index contributed by atoms with van der Waals surface area (Å²) in [5.74, 6) is 2.33. The van der Waals surface area contributed by atoms with Crippen LogP contribution < -0.4 is 4.74 Å². The molecule has 19 heavy (non-hydrogen) atoms. The van der Waals surface area contributed by atoms with Gasteiger partial charge in [0, 0.05) is 25.5 Å². The van der Waals surface area contributed by atoms with Gasteiger partial charge in [0.15, 0.2) is 0 Å².